The maximum Gasteiger partial charge on any atom is 0.343 e. The molecule has 2 rings (SSSR count). The highest BCUT2D eigenvalue weighted by molar-refractivity contribution is 6.32. The number of benzene rings is 2. The molecule has 0 aliphatic heterocycles. The molecule has 0 aliphatic rings. The van der Waals surface area contributed by atoms with E-state index in [0.717, 1.165) is 5.56 Å². The zero-order chi connectivity index (χ0) is 15.4. The lowest BCUT2D eigenvalue weighted by atomic mass is 10.1. The molecule has 4 nitrogen and oxygen atoms in total. The first kappa shape index (κ1) is 14.9. The van der Waals surface area contributed by atoms with Crippen molar-refractivity contribution in [1.82, 2.24) is 0 Å². The third-order valence-electron chi connectivity index (χ3n) is 2.92. The maximum absolute atomic E-state index is 12.2. The molecule has 0 heterocycles. The summed E-state index contributed by atoms with van der Waals surface area (Å²) in [5, 5.41) is 9.04. The third kappa shape index (κ3) is 3.15. The summed E-state index contributed by atoms with van der Waals surface area (Å²) in [6, 6.07) is 11.9. The van der Waals surface area contributed by atoms with Crippen LogP contribution in [0, 0.1) is 18.3 Å². The van der Waals surface area contributed by atoms with Crippen LogP contribution in [0.4, 0.5) is 0 Å². The number of hydrogen-bond acceptors (Lipinski definition) is 4. The predicted molar refractivity (Wildman–Crippen MR) is 78.9 cm³/mol. The Kier molecular flexibility index (Phi) is 4.46. The lowest BCUT2D eigenvalue weighted by molar-refractivity contribution is 0.0729. The molecule has 106 valence electrons. The number of ether oxygens (including phenoxy) is 2. The molecule has 0 radical (unpaired) electrons. The molecular formula is C16H12ClNO3. The van der Waals surface area contributed by atoms with Crippen LogP contribution in [0.2, 0.25) is 5.02 Å². The Hall–Kier alpha value is -2.51. The van der Waals surface area contributed by atoms with E-state index in [2.05, 4.69) is 0 Å². The number of hydrogen-bond donors (Lipinski definition) is 0. The van der Waals surface area contributed by atoms with Gasteiger partial charge in [0, 0.05) is 6.07 Å². The summed E-state index contributed by atoms with van der Waals surface area (Å²) in [5.41, 5.74) is 1.57. The fourth-order valence-electron chi connectivity index (χ4n) is 1.83. The van der Waals surface area contributed by atoms with E-state index in [1.54, 1.807) is 12.1 Å². The van der Waals surface area contributed by atoms with Crippen LogP contribution in [0.25, 0.3) is 0 Å². The molecule has 2 aromatic rings. The van der Waals surface area contributed by atoms with Crippen molar-refractivity contribution in [3.8, 4) is 17.6 Å². The van der Waals surface area contributed by atoms with E-state index in [9.17, 15) is 4.79 Å². The van der Waals surface area contributed by atoms with E-state index < -0.39 is 5.97 Å². The van der Waals surface area contributed by atoms with Crippen molar-refractivity contribution in [2.24, 2.45) is 0 Å². The number of methoxy groups -OCH3 is 1. The maximum atomic E-state index is 12.2. The summed E-state index contributed by atoms with van der Waals surface area (Å²) in [6.45, 7) is 1.81. The zero-order valence-corrected chi connectivity index (χ0v) is 12.3. The molecule has 5 heteroatoms. The van der Waals surface area contributed by atoms with Crippen molar-refractivity contribution >= 4 is 17.6 Å². The van der Waals surface area contributed by atoms with Crippen LogP contribution in [0.1, 0.15) is 21.5 Å². The number of aryl methyl sites for hydroxylation is 1. The second kappa shape index (κ2) is 6.29. The Bertz CT molecular complexity index is 735. The summed E-state index contributed by atoms with van der Waals surface area (Å²) < 4.78 is 10.5. The molecule has 0 N–H and O–H groups in total. The number of carbonyl (C=O) groups excluding carboxylic acids is 1. The summed E-state index contributed by atoms with van der Waals surface area (Å²) in [5.74, 6) is -0.189. The first-order valence-corrected chi connectivity index (χ1v) is 6.50. The minimum atomic E-state index is -0.530. The lowest BCUT2D eigenvalue weighted by Crippen LogP contribution is -2.11. The molecule has 0 atom stereocenters. The van der Waals surface area contributed by atoms with Gasteiger partial charge in [0.2, 0.25) is 0 Å². The van der Waals surface area contributed by atoms with E-state index in [-0.39, 0.29) is 16.5 Å². The molecule has 0 saturated heterocycles. The Morgan fingerprint density at radius 3 is 2.62 bits per heavy atom. The number of halogens is 1. The Morgan fingerprint density at radius 1 is 1.29 bits per heavy atom. The summed E-state index contributed by atoms with van der Waals surface area (Å²) >= 11 is 6.06. The highest BCUT2D eigenvalue weighted by Gasteiger charge is 2.18. The monoisotopic (exact) mass is 301 g/mol. The Balaban J connectivity index is 2.38. The molecule has 0 amide bonds. The SMILES string of the molecule is COc1cc(C#N)cc(Cl)c1OC(=O)c1ccccc1C. The average molecular weight is 302 g/mol. The second-order valence-electron chi connectivity index (χ2n) is 4.31. The minimum Gasteiger partial charge on any atom is -0.493 e. The van der Waals surface area contributed by atoms with E-state index in [0.29, 0.717) is 11.1 Å². The van der Waals surface area contributed by atoms with Gasteiger partial charge in [-0.2, -0.15) is 5.26 Å². The van der Waals surface area contributed by atoms with E-state index in [1.165, 1.54) is 19.2 Å². The van der Waals surface area contributed by atoms with Crippen LogP contribution in [-0.2, 0) is 0 Å². The first-order chi connectivity index (χ1) is 10.1. The van der Waals surface area contributed by atoms with Crippen molar-refractivity contribution < 1.29 is 14.3 Å². The molecule has 21 heavy (non-hydrogen) atoms. The van der Waals surface area contributed by atoms with Crippen LogP contribution in [0.15, 0.2) is 36.4 Å². The van der Waals surface area contributed by atoms with Gasteiger partial charge in [0.15, 0.2) is 11.5 Å². The van der Waals surface area contributed by atoms with Gasteiger partial charge in [0.1, 0.15) is 0 Å². The summed E-state index contributed by atoms with van der Waals surface area (Å²) in [6.07, 6.45) is 0. The van der Waals surface area contributed by atoms with Gasteiger partial charge >= 0.3 is 5.97 Å². The molecule has 0 aliphatic carbocycles. The van der Waals surface area contributed by atoms with Crippen molar-refractivity contribution in [1.29, 1.82) is 5.26 Å². The number of carbonyl (C=O) groups is 1. The van der Waals surface area contributed by atoms with Crippen molar-refractivity contribution in [2.45, 2.75) is 6.92 Å². The van der Waals surface area contributed by atoms with Gasteiger partial charge in [-0.15, -0.1) is 0 Å². The van der Waals surface area contributed by atoms with Crippen molar-refractivity contribution in [2.75, 3.05) is 7.11 Å². The van der Waals surface area contributed by atoms with Crippen molar-refractivity contribution in [3.63, 3.8) is 0 Å². The highest BCUT2D eigenvalue weighted by Crippen LogP contribution is 2.36. The number of nitriles is 1. The fraction of sp³-hybridized carbons (Fsp3) is 0.125. The average Bonchev–Trinajstić information content (AvgIpc) is 2.49. The Labute approximate surface area is 127 Å². The van der Waals surface area contributed by atoms with Crippen LogP contribution in [-0.4, -0.2) is 13.1 Å². The molecule has 0 bridgehead atoms. The molecule has 0 spiro atoms. The van der Waals surface area contributed by atoms with Gasteiger partial charge in [0.25, 0.3) is 0 Å². The Morgan fingerprint density at radius 2 is 2.00 bits per heavy atom. The summed E-state index contributed by atoms with van der Waals surface area (Å²) in [4.78, 5) is 12.2. The molecule has 0 saturated carbocycles. The van der Waals surface area contributed by atoms with Gasteiger partial charge in [-0.05, 0) is 24.6 Å². The van der Waals surface area contributed by atoms with Crippen LogP contribution in [0.3, 0.4) is 0 Å². The quantitative estimate of drug-likeness (QED) is 0.640. The largest absolute Gasteiger partial charge is 0.493 e. The molecule has 2 aromatic carbocycles. The summed E-state index contributed by atoms with van der Waals surface area (Å²) in [7, 11) is 1.41. The molecular weight excluding hydrogens is 290 g/mol. The van der Waals surface area contributed by atoms with Gasteiger partial charge in [0.05, 0.1) is 29.3 Å². The van der Waals surface area contributed by atoms with Gasteiger partial charge in [-0.25, -0.2) is 4.79 Å². The van der Waals surface area contributed by atoms with Gasteiger partial charge in [-0.3, -0.25) is 0 Å². The minimum absolute atomic E-state index is 0.103. The zero-order valence-electron chi connectivity index (χ0n) is 11.5. The van der Waals surface area contributed by atoms with E-state index in [4.69, 9.17) is 26.3 Å². The van der Waals surface area contributed by atoms with Gasteiger partial charge in [-0.1, -0.05) is 29.8 Å². The molecule has 0 aromatic heterocycles. The predicted octanol–water partition coefficient (Wildman–Crippen LogP) is 3.75. The molecule has 0 unspecified atom stereocenters. The standard InChI is InChI=1S/C16H12ClNO3/c1-10-5-3-4-6-12(10)16(19)21-15-13(17)7-11(9-18)8-14(15)20-2/h3-8H,1-2H3. The normalized spacial score (nSPS) is 9.81. The number of esters is 1. The first-order valence-electron chi connectivity index (χ1n) is 6.12. The van der Waals surface area contributed by atoms with Gasteiger partial charge < -0.3 is 9.47 Å². The van der Waals surface area contributed by atoms with Crippen molar-refractivity contribution in [3.05, 3.63) is 58.1 Å². The molecule has 0 fully saturated rings. The fourth-order valence-corrected chi connectivity index (χ4v) is 2.08. The van der Waals surface area contributed by atoms with Crippen LogP contribution >= 0.6 is 11.6 Å². The van der Waals surface area contributed by atoms with Crippen LogP contribution < -0.4 is 9.47 Å². The second-order valence-corrected chi connectivity index (χ2v) is 4.71. The third-order valence-corrected chi connectivity index (χ3v) is 3.20. The number of rotatable bonds is 3. The highest BCUT2D eigenvalue weighted by atomic mass is 35.5. The lowest BCUT2D eigenvalue weighted by Gasteiger charge is -2.12. The number of nitrogens with zero attached hydrogens (tertiary/aromatic N) is 1. The van der Waals surface area contributed by atoms with Crippen LogP contribution in [0.5, 0.6) is 11.5 Å². The topological polar surface area (TPSA) is 59.3 Å². The van der Waals surface area contributed by atoms with E-state index in [1.807, 2.05) is 25.1 Å². The van der Waals surface area contributed by atoms with E-state index >= 15 is 0 Å². The smallest absolute Gasteiger partial charge is 0.343 e.